The molecule has 1 aromatic carbocycles. The van der Waals surface area contributed by atoms with Gasteiger partial charge in [-0.05, 0) is 19.4 Å². The van der Waals surface area contributed by atoms with Crippen LogP contribution in [0, 0.1) is 0 Å². The number of Topliss-reactive ketones (excluding diaryl/α,β-unsaturated/α-hetero) is 1. The lowest BCUT2D eigenvalue weighted by Gasteiger charge is -2.26. The molecule has 1 atom stereocenters. The lowest BCUT2D eigenvalue weighted by atomic mass is 9.83. The van der Waals surface area contributed by atoms with E-state index < -0.39 is 17.4 Å². The quantitative estimate of drug-likeness (QED) is 0.634. The van der Waals surface area contributed by atoms with Crippen molar-refractivity contribution in [3.8, 4) is 0 Å². The van der Waals surface area contributed by atoms with Crippen molar-refractivity contribution < 1.29 is 19.4 Å². The molecule has 1 N–H and O–H groups in total. The Labute approximate surface area is 106 Å². The Kier molecular flexibility index (Phi) is 4.39. The van der Waals surface area contributed by atoms with Gasteiger partial charge in [-0.2, -0.15) is 0 Å². The highest BCUT2D eigenvalue weighted by atomic mass is 16.5. The molecule has 0 bridgehead atoms. The number of hydrogen-bond acceptors (Lipinski definition) is 4. The van der Waals surface area contributed by atoms with Crippen molar-refractivity contribution in [2.45, 2.75) is 19.4 Å². The standard InChI is InChI=1S/C14H16O4/c1-4-18-13(16)10(2)14(17,11(3)15)12-8-6-5-7-9-12/h5-9,17H,2,4H2,1,3H3. The second-order valence-corrected chi connectivity index (χ2v) is 3.83. The van der Waals surface area contributed by atoms with Crippen LogP contribution in [0.25, 0.3) is 0 Å². The van der Waals surface area contributed by atoms with E-state index in [4.69, 9.17) is 4.74 Å². The van der Waals surface area contributed by atoms with Gasteiger partial charge in [0, 0.05) is 0 Å². The fraction of sp³-hybridized carbons (Fsp3) is 0.286. The van der Waals surface area contributed by atoms with E-state index in [9.17, 15) is 14.7 Å². The van der Waals surface area contributed by atoms with Crippen LogP contribution in [-0.4, -0.2) is 23.5 Å². The molecular formula is C14H16O4. The van der Waals surface area contributed by atoms with Crippen LogP contribution in [0.1, 0.15) is 19.4 Å². The first kappa shape index (κ1) is 14.1. The van der Waals surface area contributed by atoms with Crippen LogP contribution < -0.4 is 0 Å². The van der Waals surface area contributed by atoms with E-state index in [1.54, 1.807) is 37.3 Å². The highest BCUT2D eigenvalue weighted by Gasteiger charge is 2.41. The van der Waals surface area contributed by atoms with Gasteiger partial charge in [0.05, 0.1) is 12.2 Å². The SMILES string of the molecule is C=C(C(=O)OCC)C(O)(C(C)=O)c1ccccc1. The third-order valence-electron chi connectivity index (χ3n) is 2.66. The molecule has 4 nitrogen and oxygen atoms in total. The van der Waals surface area contributed by atoms with Crippen molar-refractivity contribution in [2.75, 3.05) is 6.61 Å². The van der Waals surface area contributed by atoms with Crippen LogP contribution in [0.5, 0.6) is 0 Å². The van der Waals surface area contributed by atoms with Gasteiger partial charge in [-0.1, -0.05) is 36.9 Å². The maximum absolute atomic E-state index is 11.7. The van der Waals surface area contributed by atoms with E-state index in [1.165, 1.54) is 6.92 Å². The number of ether oxygens (including phenoxy) is 1. The zero-order valence-electron chi connectivity index (χ0n) is 10.5. The summed E-state index contributed by atoms with van der Waals surface area (Å²) < 4.78 is 4.77. The number of ketones is 1. The van der Waals surface area contributed by atoms with Crippen molar-refractivity contribution in [1.29, 1.82) is 0 Å². The summed E-state index contributed by atoms with van der Waals surface area (Å²) in [7, 11) is 0. The van der Waals surface area contributed by atoms with E-state index in [-0.39, 0.29) is 12.2 Å². The molecule has 0 saturated heterocycles. The van der Waals surface area contributed by atoms with E-state index in [0.717, 1.165) is 0 Å². The van der Waals surface area contributed by atoms with Crippen molar-refractivity contribution in [2.24, 2.45) is 0 Å². The topological polar surface area (TPSA) is 63.6 Å². The van der Waals surface area contributed by atoms with Gasteiger partial charge in [-0.15, -0.1) is 0 Å². The summed E-state index contributed by atoms with van der Waals surface area (Å²) in [4.78, 5) is 23.3. The lowest BCUT2D eigenvalue weighted by molar-refractivity contribution is -0.146. The summed E-state index contributed by atoms with van der Waals surface area (Å²) in [6.45, 7) is 6.50. The molecule has 0 aliphatic heterocycles. The molecule has 0 aliphatic rings. The number of carbonyl (C=O) groups is 2. The molecule has 0 saturated carbocycles. The van der Waals surface area contributed by atoms with Gasteiger partial charge < -0.3 is 9.84 Å². The molecule has 0 aliphatic carbocycles. The first-order chi connectivity index (χ1) is 8.44. The van der Waals surface area contributed by atoms with Gasteiger partial charge in [0.2, 0.25) is 0 Å². The second-order valence-electron chi connectivity index (χ2n) is 3.83. The molecule has 1 aromatic rings. The van der Waals surface area contributed by atoms with Gasteiger partial charge in [-0.25, -0.2) is 4.79 Å². The lowest BCUT2D eigenvalue weighted by Crippen LogP contribution is -2.39. The Hall–Kier alpha value is -1.94. The maximum Gasteiger partial charge on any atom is 0.337 e. The summed E-state index contributed by atoms with van der Waals surface area (Å²) in [5.74, 6) is -1.36. The molecular weight excluding hydrogens is 232 g/mol. The monoisotopic (exact) mass is 248 g/mol. The van der Waals surface area contributed by atoms with Crippen molar-refractivity contribution in [1.82, 2.24) is 0 Å². The third kappa shape index (κ3) is 2.49. The second kappa shape index (κ2) is 5.60. The van der Waals surface area contributed by atoms with Gasteiger partial charge in [-0.3, -0.25) is 4.79 Å². The zero-order valence-corrected chi connectivity index (χ0v) is 10.5. The Bertz CT molecular complexity index is 464. The van der Waals surface area contributed by atoms with Gasteiger partial charge in [0.1, 0.15) is 0 Å². The smallest absolute Gasteiger partial charge is 0.337 e. The van der Waals surface area contributed by atoms with E-state index in [0.29, 0.717) is 5.56 Å². The highest BCUT2D eigenvalue weighted by molar-refractivity contribution is 6.02. The van der Waals surface area contributed by atoms with Crippen LogP contribution in [0.2, 0.25) is 0 Å². The van der Waals surface area contributed by atoms with Crippen molar-refractivity contribution in [3.05, 3.63) is 48.0 Å². The molecule has 1 unspecified atom stereocenters. The molecule has 96 valence electrons. The summed E-state index contributed by atoms with van der Waals surface area (Å²) in [5, 5.41) is 10.5. The number of benzene rings is 1. The molecule has 0 spiro atoms. The molecule has 18 heavy (non-hydrogen) atoms. The number of hydrogen-bond donors (Lipinski definition) is 1. The highest BCUT2D eigenvalue weighted by Crippen LogP contribution is 2.30. The summed E-state index contributed by atoms with van der Waals surface area (Å²) in [5.41, 5.74) is -2.01. The van der Waals surface area contributed by atoms with E-state index >= 15 is 0 Å². The number of esters is 1. The van der Waals surface area contributed by atoms with Crippen molar-refractivity contribution >= 4 is 11.8 Å². The Morgan fingerprint density at radius 2 is 1.89 bits per heavy atom. The minimum atomic E-state index is -2.03. The predicted molar refractivity (Wildman–Crippen MR) is 66.8 cm³/mol. The molecule has 4 heteroatoms. The summed E-state index contributed by atoms with van der Waals surface area (Å²) >= 11 is 0. The van der Waals surface area contributed by atoms with Gasteiger partial charge in [0.25, 0.3) is 0 Å². The first-order valence-electron chi connectivity index (χ1n) is 5.60. The molecule has 0 heterocycles. The minimum absolute atomic E-state index is 0.153. The minimum Gasteiger partial charge on any atom is -0.463 e. The number of carbonyl (C=O) groups excluding carboxylic acids is 2. The van der Waals surface area contributed by atoms with Gasteiger partial charge in [0.15, 0.2) is 11.4 Å². The Morgan fingerprint density at radius 1 is 1.33 bits per heavy atom. The number of aliphatic hydroxyl groups is 1. The normalized spacial score (nSPS) is 13.5. The molecule has 0 aromatic heterocycles. The zero-order chi connectivity index (χ0) is 13.8. The fourth-order valence-electron chi connectivity index (χ4n) is 1.64. The maximum atomic E-state index is 11.7. The van der Waals surface area contributed by atoms with E-state index in [1.807, 2.05) is 0 Å². The molecule has 1 rings (SSSR count). The molecule has 0 amide bonds. The summed E-state index contributed by atoms with van der Waals surface area (Å²) in [6, 6.07) is 8.21. The average molecular weight is 248 g/mol. The van der Waals surface area contributed by atoms with Crippen molar-refractivity contribution in [3.63, 3.8) is 0 Å². The van der Waals surface area contributed by atoms with Crippen LogP contribution in [0.4, 0.5) is 0 Å². The predicted octanol–water partition coefficient (Wildman–Crippen LogP) is 1.58. The first-order valence-corrected chi connectivity index (χ1v) is 5.60. The molecule has 0 fully saturated rings. The van der Waals surface area contributed by atoms with Gasteiger partial charge >= 0.3 is 5.97 Å². The third-order valence-corrected chi connectivity index (χ3v) is 2.66. The largest absolute Gasteiger partial charge is 0.463 e. The Morgan fingerprint density at radius 3 is 2.33 bits per heavy atom. The Balaban J connectivity index is 3.21. The number of rotatable bonds is 5. The van der Waals surface area contributed by atoms with Crippen LogP contribution in [0.15, 0.2) is 42.5 Å². The van der Waals surface area contributed by atoms with Crippen LogP contribution in [0.3, 0.4) is 0 Å². The fourth-order valence-corrected chi connectivity index (χ4v) is 1.64. The van der Waals surface area contributed by atoms with E-state index in [2.05, 4.69) is 6.58 Å². The summed E-state index contributed by atoms with van der Waals surface area (Å²) in [6.07, 6.45) is 0. The van der Waals surface area contributed by atoms with Crippen LogP contribution >= 0.6 is 0 Å². The average Bonchev–Trinajstić information content (AvgIpc) is 2.38. The van der Waals surface area contributed by atoms with Crippen LogP contribution in [-0.2, 0) is 19.9 Å². The molecule has 0 radical (unpaired) electrons.